The number of aromatic nitrogens is 2. The Morgan fingerprint density at radius 1 is 1.67 bits per heavy atom. The second kappa shape index (κ2) is 5.75. The number of halogens is 1. The monoisotopic (exact) mass is 229 g/mol. The Balaban J connectivity index is 2.46. The van der Waals surface area contributed by atoms with Gasteiger partial charge in [0, 0.05) is 25.0 Å². The molecule has 1 aromatic rings. The normalized spacial score (nSPS) is 14.6. The number of carbonyl (C=O) groups is 1. The van der Waals surface area contributed by atoms with Crippen LogP contribution in [0, 0.1) is 0 Å². The molecule has 2 unspecified atom stereocenters. The smallest absolute Gasteiger partial charge is 0.238 e. The largest absolute Gasteiger partial charge is 0.350 e. The van der Waals surface area contributed by atoms with E-state index in [9.17, 15) is 4.79 Å². The lowest BCUT2D eigenvalue weighted by molar-refractivity contribution is -0.121. The van der Waals surface area contributed by atoms with Gasteiger partial charge in [-0.3, -0.25) is 4.79 Å². The summed E-state index contributed by atoms with van der Waals surface area (Å²) < 4.78 is 1.94. The van der Waals surface area contributed by atoms with Crippen LogP contribution in [0.4, 0.5) is 0 Å². The highest BCUT2D eigenvalue weighted by Crippen LogP contribution is 2.00. The van der Waals surface area contributed by atoms with Crippen molar-refractivity contribution in [2.24, 2.45) is 0 Å². The van der Waals surface area contributed by atoms with Gasteiger partial charge in [0.2, 0.25) is 5.91 Å². The summed E-state index contributed by atoms with van der Waals surface area (Å²) in [7, 11) is 0. The van der Waals surface area contributed by atoms with Gasteiger partial charge >= 0.3 is 0 Å². The van der Waals surface area contributed by atoms with Gasteiger partial charge in [-0.25, -0.2) is 4.98 Å². The van der Waals surface area contributed by atoms with Crippen LogP contribution < -0.4 is 5.32 Å². The van der Waals surface area contributed by atoms with Crippen LogP contribution in [0.3, 0.4) is 0 Å². The molecule has 84 valence electrons. The van der Waals surface area contributed by atoms with E-state index >= 15 is 0 Å². The van der Waals surface area contributed by atoms with Crippen molar-refractivity contribution >= 4 is 17.5 Å². The fourth-order valence-corrected chi connectivity index (χ4v) is 1.31. The number of nitrogens with one attached hydrogen (secondary N) is 1. The van der Waals surface area contributed by atoms with E-state index in [4.69, 9.17) is 11.6 Å². The van der Waals surface area contributed by atoms with Crippen LogP contribution in [0.2, 0.25) is 0 Å². The van der Waals surface area contributed by atoms with Gasteiger partial charge in [-0.15, -0.1) is 11.6 Å². The van der Waals surface area contributed by atoms with Crippen LogP contribution in [0.15, 0.2) is 18.7 Å². The van der Waals surface area contributed by atoms with Gasteiger partial charge in [-0.2, -0.15) is 0 Å². The lowest BCUT2D eigenvalue weighted by Gasteiger charge is -2.18. The second-order valence-corrected chi connectivity index (χ2v) is 4.14. The van der Waals surface area contributed by atoms with Crippen LogP contribution >= 0.6 is 11.6 Å². The first-order chi connectivity index (χ1) is 7.13. The standard InChI is InChI=1S/C10H16ClN3O/c1-3-9(13-10(15)8(2)11)6-14-5-4-12-7-14/h4-5,7-9H,3,6H2,1-2H3,(H,13,15). The average molecular weight is 230 g/mol. The Hall–Kier alpha value is -1.03. The molecule has 1 N–H and O–H groups in total. The van der Waals surface area contributed by atoms with Crippen LogP contribution in [0.1, 0.15) is 20.3 Å². The maximum Gasteiger partial charge on any atom is 0.238 e. The number of alkyl halides is 1. The summed E-state index contributed by atoms with van der Waals surface area (Å²) in [6.45, 7) is 4.42. The van der Waals surface area contributed by atoms with E-state index in [0.717, 1.165) is 13.0 Å². The van der Waals surface area contributed by atoms with Crippen LogP contribution in [0.25, 0.3) is 0 Å². The molecule has 0 radical (unpaired) electrons. The van der Waals surface area contributed by atoms with Crippen molar-refractivity contribution in [2.75, 3.05) is 0 Å². The van der Waals surface area contributed by atoms with Crippen LogP contribution in [0.5, 0.6) is 0 Å². The predicted octanol–water partition coefficient (Wildman–Crippen LogP) is 1.41. The first-order valence-electron chi connectivity index (χ1n) is 5.03. The summed E-state index contributed by atoms with van der Waals surface area (Å²) in [4.78, 5) is 15.3. The number of imidazole rings is 1. The lowest BCUT2D eigenvalue weighted by atomic mass is 10.2. The molecule has 0 aliphatic heterocycles. The third kappa shape index (κ3) is 3.91. The molecule has 2 atom stereocenters. The Labute approximate surface area is 94.6 Å². The summed E-state index contributed by atoms with van der Waals surface area (Å²) in [5, 5.41) is 2.40. The van der Waals surface area contributed by atoms with Gasteiger partial charge in [0.15, 0.2) is 0 Å². The minimum atomic E-state index is -0.484. The molecule has 0 spiro atoms. The van der Waals surface area contributed by atoms with Crippen molar-refractivity contribution in [3.63, 3.8) is 0 Å². The minimum absolute atomic E-state index is 0.105. The van der Waals surface area contributed by atoms with Crippen molar-refractivity contribution in [1.29, 1.82) is 0 Å². The molecular weight excluding hydrogens is 214 g/mol. The maximum atomic E-state index is 11.4. The van der Waals surface area contributed by atoms with E-state index in [1.54, 1.807) is 19.4 Å². The third-order valence-electron chi connectivity index (χ3n) is 2.19. The van der Waals surface area contributed by atoms with Crippen molar-refractivity contribution < 1.29 is 4.79 Å². The molecule has 0 saturated heterocycles. The summed E-state index contributed by atoms with van der Waals surface area (Å²) >= 11 is 5.68. The van der Waals surface area contributed by atoms with Gasteiger partial charge in [-0.1, -0.05) is 6.92 Å². The van der Waals surface area contributed by atoms with E-state index in [0.29, 0.717) is 0 Å². The molecule has 0 aromatic carbocycles. The molecule has 1 aromatic heterocycles. The first-order valence-corrected chi connectivity index (χ1v) is 5.47. The highest BCUT2D eigenvalue weighted by molar-refractivity contribution is 6.30. The summed E-state index contributed by atoms with van der Waals surface area (Å²) in [5.41, 5.74) is 0. The number of carbonyl (C=O) groups excluding carboxylic acids is 1. The van der Waals surface area contributed by atoms with E-state index in [-0.39, 0.29) is 11.9 Å². The molecule has 1 rings (SSSR count). The van der Waals surface area contributed by atoms with E-state index in [1.807, 2.05) is 17.7 Å². The Kier molecular flexibility index (Phi) is 4.62. The average Bonchev–Trinajstić information content (AvgIpc) is 2.69. The summed E-state index contributed by atoms with van der Waals surface area (Å²) in [6, 6.07) is 0.105. The molecule has 0 aliphatic rings. The summed E-state index contributed by atoms with van der Waals surface area (Å²) in [6.07, 6.45) is 6.20. The molecule has 4 nitrogen and oxygen atoms in total. The van der Waals surface area contributed by atoms with Crippen LogP contribution in [-0.4, -0.2) is 26.9 Å². The highest BCUT2D eigenvalue weighted by atomic mass is 35.5. The fraction of sp³-hybridized carbons (Fsp3) is 0.600. The number of hydrogen-bond donors (Lipinski definition) is 1. The number of amides is 1. The molecule has 1 amide bonds. The SMILES string of the molecule is CCC(Cn1ccnc1)NC(=O)C(C)Cl. The lowest BCUT2D eigenvalue weighted by Crippen LogP contribution is -2.40. The van der Waals surface area contributed by atoms with Gasteiger partial charge in [0.25, 0.3) is 0 Å². The van der Waals surface area contributed by atoms with Crippen molar-refractivity contribution in [3.05, 3.63) is 18.7 Å². The maximum absolute atomic E-state index is 11.4. The van der Waals surface area contributed by atoms with Crippen molar-refractivity contribution in [1.82, 2.24) is 14.9 Å². The van der Waals surface area contributed by atoms with Crippen molar-refractivity contribution in [2.45, 2.75) is 38.2 Å². The number of rotatable bonds is 5. The highest BCUT2D eigenvalue weighted by Gasteiger charge is 2.14. The van der Waals surface area contributed by atoms with Gasteiger partial charge < -0.3 is 9.88 Å². The fourth-order valence-electron chi connectivity index (χ4n) is 1.24. The molecule has 15 heavy (non-hydrogen) atoms. The molecule has 0 bridgehead atoms. The molecule has 0 aliphatic carbocycles. The van der Waals surface area contributed by atoms with Gasteiger partial charge in [-0.05, 0) is 13.3 Å². The van der Waals surface area contributed by atoms with Crippen molar-refractivity contribution in [3.8, 4) is 0 Å². The Morgan fingerprint density at radius 2 is 2.40 bits per heavy atom. The number of nitrogens with zero attached hydrogens (tertiary/aromatic N) is 2. The first kappa shape index (κ1) is 12.0. The zero-order chi connectivity index (χ0) is 11.3. The molecule has 5 heteroatoms. The molecule has 0 fully saturated rings. The van der Waals surface area contributed by atoms with E-state index in [1.165, 1.54) is 0 Å². The summed E-state index contributed by atoms with van der Waals surface area (Å²) in [5.74, 6) is -0.122. The topological polar surface area (TPSA) is 46.9 Å². The zero-order valence-electron chi connectivity index (χ0n) is 8.98. The van der Waals surface area contributed by atoms with Gasteiger partial charge in [0.05, 0.1) is 6.33 Å². The second-order valence-electron chi connectivity index (χ2n) is 3.49. The minimum Gasteiger partial charge on any atom is -0.350 e. The molecule has 0 saturated carbocycles. The zero-order valence-corrected chi connectivity index (χ0v) is 9.74. The van der Waals surface area contributed by atoms with Gasteiger partial charge in [0.1, 0.15) is 5.38 Å². The third-order valence-corrected chi connectivity index (χ3v) is 2.39. The van der Waals surface area contributed by atoms with E-state index in [2.05, 4.69) is 10.3 Å². The Morgan fingerprint density at radius 3 is 2.87 bits per heavy atom. The molecular formula is C10H16ClN3O. The Bertz CT molecular complexity index is 298. The van der Waals surface area contributed by atoms with E-state index < -0.39 is 5.38 Å². The van der Waals surface area contributed by atoms with Crippen LogP contribution in [-0.2, 0) is 11.3 Å². The predicted molar refractivity (Wildman–Crippen MR) is 59.8 cm³/mol. The quantitative estimate of drug-likeness (QED) is 0.776. The number of hydrogen-bond acceptors (Lipinski definition) is 2. The molecule has 1 heterocycles.